The molecule has 1 atom stereocenters. The molecule has 1 aliphatic heterocycles. The Hall–Kier alpha value is -1.10. The molecule has 0 spiro atoms. The summed E-state index contributed by atoms with van der Waals surface area (Å²) in [6.45, 7) is 3.06. The van der Waals surface area contributed by atoms with Gasteiger partial charge in [0.2, 0.25) is 0 Å². The molecule has 12 heavy (non-hydrogen) atoms. The quantitative estimate of drug-likeness (QED) is 0.569. The highest BCUT2D eigenvalue weighted by atomic mass is 15.2. The van der Waals surface area contributed by atoms with Crippen LogP contribution in [0.3, 0.4) is 0 Å². The summed E-state index contributed by atoms with van der Waals surface area (Å²) in [5.41, 5.74) is 0. The third-order valence-corrected chi connectivity index (χ3v) is 2.07. The molecule has 1 rings (SSSR count). The number of hydrogen-bond donors (Lipinski definition) is 1. The first-order chi connectivity index (χ1) is 5.88. The maximum Gasteiger partial charge on any atom is 0.0869 e. The van der Waals surface area contributed by atoms with Gasteiger partial charge in [-0.1, -0.05) is 0 Å². The van der Waals surface area contributed by atoms with Crippen LogP contribution in [0.2, 0.25) is 0 Å². The molecule has 0 aromatic carbocycles. The maximum atomic E-state index is 8.52. The van der Waals surface area contributed by atoms with Crippen molar-refractivity contribution in [1.29, 1.82) is 10.5 Å². The van der Waals surface area contributed by atoms with Crippen molar-refractivity contribution in [3.05, 3.63) is 0 Å². The highest BCUT2D eigenvalue weighted by Gasteiger charge is 2.20. The summed E-state index contributed by atoms with van der Waals surface area (Å²) in [4.78, 5) is 2.06. The van der Waals surface area contributed by atoms with Crippen LogP contribution in [0.1, 0.15) is 6.42 Å². The first-order valence-corrected chi connectivity index (χ1v) is 4.07. The topological polar surface area (TPSA) is 62.9 Å². The van der Waals surface area contributed by atoms with Gasteiger partial charge in [0.15, 0.2) is 0 Å². The Morgan fingerprint density at radius 2 is 2.25 bits per heavy atom. The van der Waals surface area contributed by atoms with Gasteiger partial charge in [-0.05, 0) is 0 Å². The average Bonchev–Trinajstić information content (AvgIpc) is 2.09. The lowest BCUT2D eigenvalue weighted by molar-refractivity contribution is 0.184. The Bertz CT molecular complexity index is 188. The molecule has 0 amide bonds. The van der Waals surface area contributed by atoms with Crippen molar-refractivity contribution in [2.75, 3.05) is 26.2 Å². The predicted molar refractivity (Wildman–Crippen MR) is 44.1 cm³/mol. The minimum Gasteiger partial charge on any atom is -0.314 e. The molecule has 0 aromatic heterocycles. The van der Waals surface area contributed by atoms with E-state index in [0.29, 0.717) is 13.0 Å². The SMILES string of the molecule is N#CCC1CNCCN1CC#N. The molecule has 0 aliphatic carbocycles. The van der Waals surface area contributed by atoms with Gasteiger partial charge >= 0.3 is 0 Å². The van der Waals surface area contributed by atoms with Crippen molar-refractivity contribution in [2.45, 2.75) is 12.5 Å². The molecule has 1 aliphatic rings. The van der Waals surface area contributed by atoms with Crippen LogP contribution in [0.25, 0.3) is 0 Å². The van der Waals surface area contributed by atoms with Crippen molar-refractivity contribution in [3.63, 3.8) is 0 Å². The molecule has 1 saturated heterocycles. The van der Waals surface area contributed by atoms with E-state index in [4.69, 9.17) is 10.5 Å². The summed E-state index contributed by atoms with van der Waals surface area (Å²) in [6.07, 6.45) is 0.509. The van der Waals surface area contributed by atoms with Gasteiger partial charge < -0.3 is 5.32 Å². The molecule has 64 valence electrons. The fraction of sp³-hybridized carbons (Fsp3) is 0.750. The van der Waals surface area contributed by atoms with Gasteiger partial charge in [0.25, 0.3) is 0 Å². The second-order valence-electron chi connectivity index (χ2n) is 2.85. The zero-order valence-corrected chi connectivity index (χ0v) is 6.95. The Morgan fingerprint density at radius 1 is 1.42 bits per heavy atom. The van der Waals surface area contributed by atoms with Crippen molar-refractivity contribution in [2.24, 2.45) is 0 Å². The summed E-state index contributed by atoms with van der Waals surface area (Å²) in [7, 11) is 0. The Labute approximate surface area is 72.4 Å². The Kier molecular flexibility index (Phi) is 3.53. The summed E-state index contributed by atoms with van der Waals surface area (Å²) < 4.78 is 0. The van der Waals surface area contributed by atoms with Crippen LogP contribution < -0.4 is 5.32 Å². The van der Waals surface area contributed by atoms with E-state index in [0.717, 1.165) is 19.6 Å². The molecule has 4 heteroatoms. The molecule has 0 saturated carbocycles. The summed E-state index contributed by atoms with van der Waals surface area (Å²) in [5, 5.41) is 20.2. The zero-order valence-electron chi connectivity index (χ0n) is 6.95. The van der Waals surface area contributed by atoms with Gasteiger partial charge in [-0.15, -0.1) is 0 Å². The molecule has 1 N–H and O–H groups in total. The fourth-order valence-electron chi connectivity index (χ4n) is 1.41. The molecule has 0 bridgehead atoms. The van der Waals surface area contributed by atoms with Gasteiger partial charge in [0.05, 0.1) is 25.1 Å². The maximum absolute atomic E-state index is 8.52. The standard InChI is InChI=1S/C8H12N4/c9-2-1-8-7-11-4-6-12(8)5-3-10/h8,11H,1,4-7H2. The lowest BCUT2D eigenvalue weighted by Crippen LogP contribution is -2.51. The minimum atomic E-state index is 0.225. The highest BCUT2D eigenvalue weighted by Crippen LogP contribution is 2.05. The van der Waals surface area contributed by atoms with E-state index in [9.17, 15) is 0 Å². The van der Waals surface area contributed by atoms with Crippen molar-refractivity contribution < 1.29 is 0 Å². The first kappa shape index (κ1) is 8.99. The van der Waals surface area contributed by atoms with E-state index in [-0.39, 0.29) is 6.04 Å². The zero-order chi connectivity index (χ0) is 8.81. The Balaban J connectivity index is 2.44. The van der Waals surface area contributed by atoms with E-state index >= 15 is 0 Å². The van der Waals surface area contributed by atoms with Crippen molar-refractivity contribution in [1.82, 2.24) is 10.2 Å². The van der Waals surface area contributed by atoms with Crippen LogP contribution in [0, 0.1) is 22.7 Å². The number of nitrogens with zero attached hydrogens (tertiary/aromatic N) is 3. The molecule has 0 aromatic rings. The van der Waals surface area contributed by atoms with Crippen molar-refractivity contribution >= 4 is 0 Å². The van der Waals surface area contributed by atoms with Crippen LogP contribution in [0.5, 0.6) is 0 Å². The van der Waals surface area contributed by atoms with E-state index in [2.05, 4.69) is 22.4 Å². The first-order valence-electron chi connectivity index (χ1n) is 4.07. The lowest BCUT2D eigenvalue weighted by atomic mass is 10.1. The van der Waals surface area contributed by atoms with Crippen LogP contribution >= 0.6 is 0 Å². The second kappa shape index (κ2) is 4.71. The molecule has 1 heterocycles. The number of nitriles is 2. The summed E-state index contributed by atoms with van der Waals surface area (Å²) in [6, 6.07) is 4.47. The summed E-state index contributed by atoms with van der Waals surface area (Å²) in [5.74, 6) is 0. The molecular formula is C8H12N4. The van der Waals surface area contributed by atoms with Gasteiger partial charge in [-0.2, -0.15) is 10.5 Å². The molecular weight excluding hydrogens is 152 g/mol. The number of hydrogen-bond acceptors (Lipinski definition) is 4. The third-order valence-electron chi connectivity index (χ3n) is 2.07. The van der Waals surface area contributed by atoms with E-state index in [1.54, 1.807) is 0 Å². The average molecular weight is 164 g/mol. The molecule has 0 radical (unpaired) electrons. The van der Waals surface area contributed by atoms with E-state index < -0.39 is 0 Å². The fourth-order valence-corrected chi connectivity index (χ4v) is 1.41. The van der Waals surface area contributed by atoms with Gasteiger partial charge in [-0.3, -0.25) is 4.90 Å². The minimum absolute atomic E-state index is 0.225. The van der Waals surface area contributed by atoms with Crippen LogP contribution in [-0.2, 0) is 0 Å². The molecule has 1 fully saturated rings. The Morgan fingerprint density at radius 3 is 2.92 bits per heavy atom. The van der Waals surface area contributed by atoms with Gasteiger partial charge in [-0.25, -0.2) is 0 Å². The van der Waals surface area contributed by atoms with Crippen LogP contribution in [-0.4, -0.2) is 37.1 Å². The highest BCUT2D eigenvalue weighted by molar-refractivity contribution is 4.91. The van der Waals surface area contributed by atoms with Crippen LogP contribution in [0.4, 0.5) is 0 Å². The van der Waals surface area contributed by atoms with E-state index in [1.807, 2.05) is 0 Å². The predicted octanol–water partition coefficient (Wildman–Crippen LogP) is -0.303. The number of piperazine rings is 1. The smallest absolute Gasteiger partial charge is 0.0869 e. The van der Waals surface area contributed by atoms with E-state index in [1.165, 1.54) is 0 Å². The monoisotopic (exact) mass is 164 g/mol. The number of rotatable bonds is 2. The van der Waals surface area contributed by atoms with Crippen LogP contribution in [0.15, 0.2) is 0 Å². The molecule has 1 unspecified atom stereocenters. The molecule has 4 nitrogen and oxygen atoms in total. The normalized spacial score (nSPS) is 24.3. The summed E-state index contributed by atoms with van der Waals surface area (Å²) >= 11 is 0. The second-order valence-corrected chi connectivity index (χ2v) is 2.85. The van der Waals surface area contributed by atoms with Gasteiger partial charge in [0.1, 0.15) is 0 Å². The third kappa shape index (κ3) is 2.20. The van der Waals surface area contributed by atoms with Crippen molar-refractivity contribution in [3.8, 4) is 12.1 Å². The van der Waals surface area contributed by atoms with Gasteiger partial charge in [0, 0.05) is 25.7 Å². The number of nitrogens with one attached hydrogen (secondary N) is 1. The lowest BCUT2D eigenvalue weighted by Gasteiger charge is -2.32. The largest absolute Gasteiger partial charge is 0.314 e.